The van der Waals surface area contributed by atoms with Gasteiger partial charge < -0.3 is 24.7 Å². The van der Waals surface area contributed by atoms with Crippen molar-refractivity contribution < 1.29 is 23.5 Å². The van der Waals surface area contributed by atoms with Crippen molar-refractivity contribution in [2.45, 2.75) is 32.7 Å². The van der Waals surface area contributed by atoms with Gasteiger partial charge in [0.15, 0.2) is 5.76 Å². The van der Waals surface area contributed by atoms with Crippen molar-refractivity contribution >= 4 is 17.7 Å². The van der Waals surface area contributed by atoms with Crippen molar-refractivity contribution in [3.8, 4) is 5.75 Å². The molecule has 2 N–H and O–H groups in total. The first-order valence-electron chi connectivity index (χ1n) is 10.1. The van der Waals surface area contributed by atoms with Crippen LogP contribution in [0.4, 0.5) is 0 Å². The summed E-state index contributed by atoms with van der Waals surface area (Å²) in [5.41, 5.74) is 1.20. The number of furan rings is 1. The number of carbonyl (C=O) groups excluding carboxylic acids is 3. The van der Waals surface area contributed by atoms with Crippen LogP contribution in [0.15, 0.2) is 41.0 Å². The molecule has 1 aromatic carbocycles. The molecule has 30 heavy (non-hydrogen) atoms. The predicted molar refractivity (Wildman–Crippen MR) is 110 cm³/mol. The van der Waals surface area contributed by atoms with Crippen LogP contribution in [0.3, 0.4) is 0 Å². The number of nitrogens with zero attached hydrogens (tertiary/aromatic N) is 1. The lowest BCUT2D eigenvalue weighted by Gasteiger charge is -2.32. The van der Waals surface area contributed by atoms with Crippen LogP contribution in [0.25, 0.3) is 0 Å². The van der Waals surface area contributed by atoms with Gasteiger partial charge in [0.2, 0.25) is 5.91 Å². The van der Waals surface area contributed by atoms with E-state index in [4.69, 9.17) is 9.15 Å². The third-order valence-electron chi connectivity index (χ3n) is 5.08. The molecule has 0 unspecified atom stereocenters. The van der Waals surface area contributed by atoms with Gasteiger partial charge in [0.05, 0.1) is 25.0 Å². The molecule has 2 heterocycles. The normalized spacial score (nSPS) is 14.3. The number of hydrogen-bond donors (Lipinski definition) is 2. The Bertz CT molecular complexity index is 900. The molecule has 0 bridgehead atoms. The Morgan fingerprint density at radius 2 is 1.87 bits per heavy atom. The number of carbonyl (C=O) groups is 3. The zero-order chi connectivity index (χ0) is 21.5. The van der Waals surface area contributed by atoms with Gasteiger partial charge in [0.1, 0.15) is 5.75 Å². The van der Waals surface area contributed by atoms with Crippen molar-refractivity contribution in [2.24, 2.45) is 0 Å². The van der Waals surface area contributed by atoms with E-state index in [1.807, 2.05) is 13.8 Å². The van der Waals surface area contributed by atoms with Crippen molar-refractivity contribution in [1.29, 1.82) is 0 Å². The number of benzene rings is 1. The zero-order valence-corrected chi connectivity index (χ0v) is 17.3. The SMILES string of the molecule is CCOc1ccccc1C(=O)NCC(=O)N1CCC(NC(=O)c2occc2C)CC1. The van der Waals surface area contributed by atoms with Crippen molar-refractivity contribution in [3.63, 3.8) is 0 Å². The van der Waals surface area contributed by atoms with Crippen LogP contribution in [0.5, 0.6) is 5.75 Å². The van der Waals surface area contributed by atoms with Gasteiger partial charge in [0, 0.05) is 24.7 Å². The largest absolute Gasteiger partial charge is 0.493 e. The van der Waals surface area contributed by atoms with E-state index in [0.29, 0.717) is 49.6 Å². The van der Waals surface area contributed by atoms with Gasteiger partial charge in [-0.15, -0.1) is 0 Å². The Morgan fingerprint density at radius 1 is 1.13 bits per heavy atom. The van der Waals surface area contributed by atoms with Crippen LogP contribution in [-0.4, -0.2) is 54.9 Å². The van der Waals surface area contributed by atoms with Crippen LogP contribution in [0.1, 0.15) is 46.2 Å². The average molecular weight is 413 g/mol. The number of para-hydroxylation sites is 1. The van der Waals surface area contributed by atoms with Gasteiger partial charge in [-0.05, 0) is 44.9 Å². The molecule has 8 nitrogen and oxygen atoms in total. The predicted octanol–water partition coefficient (Wildman–Crippen LogP) is 2.14. The van der Waals surface area contributed by atoms with E-state index in [-0.39, 0.29) is 30.3 Å². The van der Waals surface area contributed by atoms with Gasteiger partial charge in [-0.1, -0.05) is 12.1 Å². The van der Waals surface area contributed by atoms with Crippen LogP contribution in [-0.2, 0) is 4.79 Å². The summed E-state index contributed by atoms with van der Waals surface area (Å²) in [5, 5.41) is 5.63. The Balaban J connectivity index is 1.45. The van der Waals surface area contributed by atoms with Gasteiger partial charge >= 0.3 is 0 Å². The second-order valence-corrected chi connectivity index (χ2v) is 7.17. The van der Waals surface area contributed by atoms with Crippen LogP contribution >= 0.6 is 0 Å². The number of piperidine rings is 1. The van der Waals surface area contributed by atoms with Crippen LogP contribution < -0.4 is 15.4 Å². The van der Waals surface area contributed by atoms with Crippen LogP contribution in [0, 0.1) is 6.92 Å². The molecule has 3 amide bonds. The molecular weight excluding hydrogens is 386 g/mol. The lowest BCUT2D eigenvalue weighted by molar-refractivity contribution is -0.131. The number of rotatable bonds is 7. The molecule has 1 fully saturated rings. The topological polar surface area (TPSA) is 101 Å². The lowest BCUT2D eigenvalue weighted by atomic mass is 10.0. The van der Waals surface area contributed by atoms with Crippen molar-refractivity contribution in [1.82, 2.24) is 15.5 Å². The smallest absolute Gasteiger partial charge is 0.287 e. The average Bonchev–Trinajstić information content (AvgIpc) is 3.19. The minimum atomic E-state index is -0.344. The van der Waals surface area contributed by atoms with E-state index < -0.39 is 0 Å². The van der Waals surface area contributed by atoms with E-state index >= 15 is 0 Å². The third-order valence-corrected chi connectivity index (χ3v) is 5.08. The summed E-state index contributed by atoms with van der Waals surface area (Å²) >= 11 is 0. The molecule has 0 radical (unpaired) electrons. The highest BCUT2D eigenvalue weighted by Gasteiger charge is 2.25. The molecule has 3 rings (SSSR count). The summed E-state index contributed by atoms with van der Waals surface area (Å²) < 4.78 is 10.7. The zero-order valence-electron chi connectivity index (χ0n) is 17.3. The molecule has 1 aromatic heterocycles. The molecule has 1 saturated heterocycles. The Kier molecular flexibility index (Phi) is 7.11. The van der Waals surface area contributed by atoms with Gasteiger partial charge in [-0.25, -0.2) is 0 Å². The summed E-state index contributed by atoms with van der Waals surface area (Å²) in [6, 6.07) is 8.67. The van der Waals surface area contributed by atoms with Crippen molar-refractivity contribution in [3.05, 3.63) is 53.5 Å². The first kappa shape index (κ1) is 21.4. The fourth-order valence-electron chi connectivity index (χ4n) is 3.43. The molecule has 0 spiro atoms. The minimum Gasteiger partial charge on any atom is -0.493 e. The van der Waals surface area contributed by atoms with Gasteiger partial charge in [-0.2, -0.15) is 0 Å². The number of nitrogens with one attached hydrogen (secondary N) is 2. The molecule has 8 heteroatoms. The van der Waals surface area contributed by atoms with Gasteiger partial charge in [0.25, 0.3) is 11.8 Å². The third kappa shape index (κ3) is 5.20. The minimum absolute atomic E-state index is 0.0151. The molecule has 0 atom stereocenters. The van der Waals surface area contributed by atoms with Crippen molar-refractivity contribution in [2.75, 3.05) is 26.2 Å². The highest BCUT2D eigenvalue weighted by Crippen LogP contribution is 2.18. The molecule has 2 aromatic rings. The summed E-state index contributed by atoms with van der Waals surface area (Å²) in [6.45, 7) is 5.08. The van der Waals surface area contributed by atoms with Crippen LogP contribution in [0.2, 0.25) is 0 Å². The standard InChI is InChI=1S/C22H27N3O5/c1-3-29-18-7-5-4-6-17(18)21(27)23-14-19(26)25-11-8-16(9-12-25)24-22(28)20-15(2)10-13-30-20/h4-7,10,13,16H,3,8-9,11-12,14H2,1-2H3,(H,23,27)(H,24,28). The summed E-state index contributed by atoms with van der Waals surface area (Å²) in [5.74, 6) is 0.0895. The maximum atomic E-state index is 12.5. The monoisotopic (exact) mass is 413 g/mol. The fraction of sp³-hybridized carbons (Fsp3) is 0.409. The quantitative estimate of drug-likeness (QED) is 0.724. The van der Waals surface area contributed by atoms with E-state index in [1.165, 1.54) is 6.26 Å². The second-order valence-electron chi connectivity index (χ2n) is 7.17. The highest BCUT2D eigenvalue weighted by molar-refractivity contribution is 5.98. The summed E-state index contributed by atoms with van der Waals surface area (Å²) in [7, 11) is 0. The number of hydrogen-bond acceptors (Lipinski definition) is 5. The first-order chi connectivity index (χ1) is 14.5. The number of amides is 3. The highest BCUT2D eigenvalue weighted by atomic mass is 16.5. The van der Waals surface area contributed by atoms with E-state index in [9.17, 15) is 14.4 Å². The number of ether oxygens (including phenoxy) is 1. The molecular formula is C22H27N3O5. The second kappa shape index (κ2) is 9.96. The molecule has 0 aliphatic carbocycles. The summed E-state index contributed by atoms with van der Waals surface area (Å²) in [6.07, 6.45) is 2.79. The van der Waals surface area contributed by atoms with E-state index in [2.05, 4.69) is 10.6 Å². The fourth-order valence-corrected chi connectivity index (χ4v) is 3.43. The maximum Gasteiger partial charge on any atom is 0.287 e. The first-order valence-corrected chi connectivity index (χ1v) is 10.1. The van der Waals surface area contributed by atoms with Gasteiger partial charge in [-0.3, -0.25) is 14.4 Å². The Hall–Kier alpha value is -3.29. The van der Waals surface area contributed by atoms with E-state index in [1.54, 1.807) is 35.2 Å². The Morgan fingerprint density at radius 3 is 2.53 bits per heavy atom. The maximum absolute atomic E-state index is 12.5. The molecule has 160 valence electrons. The molecule has 1 aliphatic heterocycles. The summed E-state index contributed by atoms with van der Waals surface area (Å²) in [4.78, 5) is 38.9. The molecule has 1 aliphatic rings. The number of likely N-dealkylation sites (tertiary alicyclic amines) is 1. The lowest BCUT2D eigenvalue weighted by Crippen LogP contribution is -2.49. The Labute approximate surface area is 175 Å². The number of aryl methyl sites for hydroxylation is 1. The molecule has 0 saturated carbocycles. The van der Waals surface area contributed by atoms with E-state index in [0.717, 1.165) is 5.56 Å².